The number of carbonyl (C=O) groups excluding carboxylic acids is 1. The van der Waals surface area contributed by atoms with Crippen LogP contribution in [0.15, 0.2) is 6.20 Å². The lowest BCUT2D eigenvalue weighted by molar-refractivity contribution is -0.117. The molecule has 6 nitrogen and oxygen atoms in total. The molecule has 0 fully saturated rings. The molecule has 1 aliphatic heterocycles. The average Bonchev–Trinajstić information content (AvgIpc) is 2.70. The van der Waals surface area contributed by atoms with Crippen LogP contribution in [0.2, 0.25) is 0 Å². The fourth-order valence-corrected chi connectivity index (χ4v) is 1.99. The summed E-state index contributed by atoms with van der Waals surface area (Å²) in [4.78, 5) is 26.9. The van der Waals surface area contributed by atoms with Gasteiger partial charge in [-0.05, 0) is 5.92 Å². The second-order valence-corrected chi connectivity index (χ2v) is 4.71. The number of hydrogen-bond acceptors (Lipinski definition) is 3. The molecule has 1 aromatic heterocycles. The minimum atomic E-state index is -1.09. The minimum Gasteiger partial charge on any atom is -0.484 e. The number of anilines is 1. The van der Waals surface area contributed by atoms with Gasteiger partial charge < -0.3 is 19.7 Å². The number of ether oxygens (including phenoxy) is 1. The third-order valence-corrected chi connectivity index (χ3v) is 3.07. The van der Waals surface area contributed by atoms with Gasteiger partial charge in [0.15, 0.2) is 11.4 Å². The van der Waals surface area contributed by atoms with Gasteiger partial charge in [0.2, 0.25) is 5.91 Å². The summed E-state index contributed by atoms with van der Waals surface area (Å²) in [5.41, 5.74) is 0.485. The maximum atomic E-state index is 11.6. The standard InChI is InChI=1S/C12H16N2O4/c1-6(2)9-5-14(7(3)15)8-4-13-10(12(16)17)11(8)18-9/h4,6,9,13H,5H2,1-3H3,(H,16,17). The number of hydrogen-bond donors (Lipinski definition) is 2. The van der Waals surface area contributed by atoms with Crippen LogP contribution in [0.5, 0.6) is 5.75 Å². The summed E-state index contributed by atoms with van der Waals surface area (Å²) < 4.78 is 5.70. The van der Waals surface area contributed by atoms with E-state index in [2.05, 4.69) is 4.98 Å². The predicted molar refractivity (Wildman–Crippen MR) is 65.0 cm³/mol. The van der Waals surface area contributed by atoms with Crippen molar-refractivity contribution in [2.75, 3.05) is 11.4 Å². The Labute approximate surface area is 105 Å². The molecular formula is C12H16N2O4. The number of aromatic carboxylic acids is 1. The first-order valence-electron chi connectivity index (χ1n) is 5.81. The molecule has 0 saturated carbocycles. The number of rotatable bonds is 2. The van der Waals surface area contributed by atoms with E-state index < -0.39 is 5.97 Å². The van der Waals surface area contributed by atoms with Gasteiger partial charge in [-0.2, -0.15) is 0 Å². The molecule has 0 radical (unpaired) electrons. The number of nitrogens with zero attached hydrogens (tertiary/aromatic N) is 1. The Hall–Kier alpha value is -1.98. The molecule has 1 unspecified atom stereocenters. The lowest BCUT2D eigenvalue weighted by Gasteiger charge is -2.34. The van der Waals surface area contributed by atoms with Gasteiger partial charge in [-0.25, -0.2) is 4.79 Å². The van der Waals surface area contributed by atoms with Gasteiger partial charge in [0, 0.05) is 13.1 Å². The maximum Gasteiger partial charge on any atom is 0.356 e. The topological polar surface area (TPSA) is 82.6 Å². The Morgan fingerprint density at radius 3 is 2.72 bits per heavy atom. The van der Waals surface area contributed by atoms with E-state index in [1.165, 1.54) is 13.1 Å². The molecule has 0 bridgehead atoms. The Morgan fingerprint density at radius 2 is 2.22 bits per heavy atom. The van der Waals surface area contributed by atoms with Crippen molar-refractivity contribution in [1.29, 1.82) is 0 Å². The maximum absolute atomic E-state index is 11.6. The van der Waals surface area contributed by atoms with Gasteiger partial charge in [0.25, 0.3) is 0 Å². The summed E-state index contributed by atoms with van der Waals surface area (Å²) in [6.07, 6.45) is 1.30. The molecule has 1 amide bonds. The lowest BCUT2D eigenvalue weighted by Crippen LogP contribution is -2.44. The Balaban J connectivity index is 2.46. The van der Waals surface area contributed by atoms with Crippen LogP contribution in [0, 0.1) is 5.92 Å². The van der Waals surface area contributed by atoms with Gasteiger partial charge in [0.1, 0.15) is 11.8 Å². The van der Waals surface area contributed by atoms with E-state index in [1.807, 2.05) is 13.8 Å². The van der Waals surface area contributed by atoms with E-state index in [4.69, 9.17) is 9.84 Å². The Kier molecular flexibility index (Phi) is 3.02. The van der Waals surface area contributed by atoms with Crippen molar-refractivity contribution in [1.82, 2.24) is 4.98 Å². The zero-order valence-corrected chi connectivity index (χ0v) is 10.6. The highest BCUT2D eigenvalue weighted by molar-refractivity contribution is 5.98. The Morgan fingerprint density at radius 1 is 1.56 bits per heavy atom. The van der Waals surface area contributed by atoms with Gasteiger partial charge in [-0.1, -0.05) is 13.8 Å². The zero-order chi connectivity index (χ0) is 13.4. The summed E-state index contributed by atoms with van der Waals surface area (Å²) in [6, 6.07) is 0. The quantitative estimate of drug-likeness (QED) is 0.835. The number of aromatic nitrogens is 1. The predicted octanol–water partition coefficient (Wildman–Crippen LogP) is 1.48. The van der Waals surface area contributed by atoms with Crippen molar-refractivity contribution < 1.29 is 19.4 Å². The van der Waals surface area contributed by atoms with Crippen LogP contribution in [0.3, 0.4) is 0 Å². The molecule has 2 N–H and O–H groups in total. The highest BCUT2D eigenvalue weighted by Crippen LogP contribution is 2.38. The van der Waals surface area contributed by atoms with E-state index in [9.17, 15) is 9.59 Å². The summed E-state index contributed by atoms with van der Waals surface area (Å²) in [5, 5.41) is 9.06. The number of amides is 1. The number of H-pyrrole nitrogens is 1. The molecule has 6 heteroatoms. The van der Waals surface area contributed by atoms with Crippen LogP contribution in [0.4, 0.5) is 5.69 Å². The minimum absolute atomic E-state index is 0.0124. The first-order chi connectivity index (χ1) is 8.41. The van der Waals surface area contributed by atoms with Gasteiger partial charge in [0.05, 0.1) is 6.54 Å². The van der Waals surface area contributed by atoms with Crippen molar-refractivity contribution >= 4 is 17.6 Å². The van der Waals surface area contributed by atoms with Crippen LogP contribution in [0.1, 0.15) is 31.3 Å². The largest absolute Gasteiger partial charge is 0.484 e. The molecule has 1 aromatic rings. The molecule has 98 valence electrons. The fraction of sp³-hybridized carbons (Fsp3) is 0.500. The Bertz CT molecular complexity index is 492. The summed E-state index contributed by atoms with van der Waals surface area (Å²) in [7, 11) is 0. The second kappa shape index (κ2) is 4.36. The van der Waals surface area contributed by atoms with E-state index in [-0.39, 0.29) is 29.4 Å². The molecule has 0 aromatic carbocycles. The molecule has 18 heavy (non-hydrogen) atoms. The first-order valence-corrected chi connectivity index (χ1v) is 5.81. The van der Waals surface area contributed by atoms with Crippen molar-refractivity contribution in [2.45, 2.75) is 26.9 Å². The smallest absolute Gasteiger partial charge is 0.356 e. The van der Waals surface area contributed by atoms with Crippen molar-refractivity contribution in [3.8, 4) is 5.75 Å². The molecule has 1 aliphatic rings. The molecular weight excluding hydrogens is 236 g/mol. The monoisotopic (exact) mass is 252 g/mol. The molecule has 2 rings (SSSR count). The van der Waals surface area contributed by atoms with E-state index in [0.717, 1.165) is 0 Å². The SMILES string of the molecule is CC(=O)N1CC(C(C)C)Oc2c1c[nH]c2C(=O)O. The molecule has 1 atom stereocenters. The zero-order valence-electron chi connectivity index (χ0n) is 10.6. The molecule has 0 saturated heterocycles. The number of carboxylic acids is 1. The van der Waals surface area contributed by atoms with Crippen LogP contribution < -0.4 is 9.64 Å². The van der Waals surface area contributed by atoms with Crippen LogP contribution in [0.25, 0.3) is 0 Å². The van der Waals surface area contributed by atoms with Gasteiger partial charge in [-0.15, -0.1) is 0 Å². The van der Waals surface area contributed by atoms with E-state index >= 15 is 0 Å². The molecule has 0 aliphatic carbocycles. The lowest BCUT2D eigenvalue weighted by atomic mass is 10.0. The van der Waals surface area contributed by atoms with Crippen LogP contribution in [-0.2, 0) is 4.79 Å². The van der Waals surface area contributed by atoms with E-state index in [1.54, 1.807) is 4.90 Å². The number of fused-ring (bicyclic) bond motifs is 1. The highest BCUT2D eigenvalue weighted by atomic mass is 16.5. The molecule has 2 heterocycles. The first kappa shape index (κ1) is 12.5. The third kappa shape index (κ3) is 1.94. The number of carboxylic acid groups (broad SMARTS) is 1. The number of nitrogens with one attached hydrogen (secondary N) is 1. The fourth-order valence-electron chi connectivity index (χ4n) is 1.99. The third-order valence-electron chi connectivity index (χ3n) is 3.07. The summed E-state index contributed by atoms with van der Waals surface area (Å²) in [6.45, 7) is 5.85. The van der Waals surface area contributed by atoms with Crippen LogP contribution >= 0.6 is 0 Å². The van der Waals surface area contributed by atoms with Crippen molar-refractivity contribution in [3.63, 3.8) is 0 Å². The highest BCUT2D eigenvalue weighted by Gasteiger charge is 2.34. The van der Waals surface area contributed by atoms with Crippen molar-refractivity contribution in [3.05, 3.63) is 11.9 Å². The van der Waals surface area contributed by atoms with E-state index in [0.29, 0.717) is 12.2 Å². The average molecular weight is 252 g/mol. The normalized spacial score (nSPS) is 18.4. The van der Waals surface area contributed by atoms with Gasteiger partial charge in [-0.3, -0.25) is 4.79 Å². The summed E-state index contributed by atoms with van der Waals surface area (Å²) >= 11 is 0. The second-order valence-electron chi connectivity index (χ2n) is 4.71. The van der Waals surface area contributed by atoms with Crippen LogP contribution in [-0.4, -0.2) is 34.6 Å². The summed E-state index contributed by atoms with van der Waals surface area (Å²) in [5.74, 6) is -0.774. The number of aromatic amines is 1. The number of carbonyl (C=O) groups is 2. The van der Waals surface area contributed by atoms with Crippen molar-refractivity contribution in [2.24, 2.45) is 5.92 Å². The van der Waals surface area contributed by atoms with Gasteiger partial charge >= 0.3 is 5.97 Å². The molecule has 0 spiro atoms.